The standard InChI is InChI=1S/C16H28O3Si/c1-4-7-13-20(18-5-2,19-6-3)14-12-15-8-10-16(17)11-9-15/h8-11,17H,4-7,12-14H2,1-3H3. The van der Waals surface area contributed by atoms with Crippen LogP contribution in [-0.4, -0.2) is 26.9 Å². The van der Waals surface area contributed by atoms with Gasteiger partial charge in [-0.15, -0.1) is 0 Å². The van der Waals surface area contributed by atoms with Crippen LogP contribution in [0.25, 0.3) is 0 Å². The van der Waals surface area contributed by atoms with Gasteiger partial charge in [0.2, 0.25) is 0 Å². The van der Waals surface area contributed by atoms with E-state index in [0.29, 0.717) is 5.75 Å². The molecule has 0 fully saturated rings. The van der Waals surface area contributed by atoms with E-state index in [2.05, 4.69) is 6.92 Å². The summed E-state index contributed by atoms with van der Waals surface area (Å²) in [6.07, 6.45) is 3.30. The molecule has 0 amide bonds. The zero-order valence-corrected chi connectivity index (χ0v) is 14.0. The first kappa shape index (κ1) is 17.2. The Morgan fingerprint density at radius 3 is 2.05 bits per heavy atom. The van der Waals surface area contributed by atoms with Crippen molar-refractivity contribution in [3.8, 4) is 5.75 Å². The van der Waals surface area contributed by atoms with Gasteiger partial charge in [0.1, 0.15) is 5.75 Å². The molecule has 3 nitrogen and oxygen atoms in total. The second-order valence-corrected chi connectivity index (χ2v) is 8.45. The molecule has 114 valence electrons. The number of phenolic OH excluding ortho intramolecular Hbond substituents is 1. The molecule has 0 aliphatic rings. The van der Waals surface area contributed by atoms with E-state index in [9.17, 15) is 5.11 Å². The molecule has 0 aliphatic carbocycles. The molecule has 1 N–H and O–H groups in total. The Morgan fingerprint density at radius 2 is 1.55 bits per heavy atom. The van der Waals surface area contributed by atoms with Crippen molar-refractivity contribution in [3.63, 3.8) is 0 Å². The van der Waals surface area contributed by atoms with E-state index in [1.54, 1.807) is 12.1 Å². The van der Waals surface area contributed by atoms with Crippen molar-refractivity contribution in [2.24, 2.45) is 0 Å². The zero-order chi connectivity index (χ0) is 14.8. The molecule has 0 unspecified atom stereocenters. The first-order chi connectivity index (χ1) is 9.65. The number of hydrogen-bond acceptors (Lipinski definition) is 3. The molecule has 1 aromatic rings. The van der Waals surface area contributed by atoms with Crippen molar-refractivity contribution < 1.29 is 14.0 Å². The van der Waals surface area contributed by atoms with Gasteiger partial charge in [-0.05, 0) is 50.1 Å². The van der Waals surface area contributed by atoms with Gasteiger partial charge in [0.25, 0.3) is 0 Å². The quantitative estimate of drug-likeness (QED) is 0.656. The summed E-state index contributed by atoms with van der Waals surface area (Å²) in [5, 5.41) is 9.33. The van der Waals surface area contributed by atoms with Crippen LogP contribution in [0.5, 0.6) is 5.75 Å². The third-order valence-corrected chi connectivity index (χ3v) is 7.21. The van der Waals surface area contributed by atoms with Crippen molar-refractivity contribution >= 4 is 8.56 Å². The number of hydrogen-bond donors (Lipinski definition) is 1. The molecular weight excluding hydrogens is 268 g/mol. The van der Waals surface area contributed by atoms with Crippen LogP contribution in [-0.2, 0) is 15.3 Å². The summed E-state index contributed by atoms with van der Waals surface area (Å²) in [5.74, 6) is 0.317. The fourth-order valence-corrected chi connectivity index (χ4v) is 5.95. The fraction of sp³-hybridized carbons (Fsp3) is 0.625. The third-order valence-electron chi connectivity index (χ3n) is 3.46. The van der Waals surface area contributed by atoms with Crippen LogP contribution in [0.1, 0.15) is 39.2 Å². The Balaban J connectivity index is 2.68. The Morgan fingerprint density at radius 1 is 0.950 bits per heavy atom. The SMILES string of the molecule is CCCC[Si](CCc1ccc(O)cc1)(OCC)OCC. The van der Waals surface area contributed by atoms with Gasteiger partial charge in [0.05, 0.1) is 0 Å². The molecule has 1 rings (SSSR count). The van der Waals surface area contributed by atoms with Gasteiger partial charge in [-0.2, -0.15) is 0 Å². The van der Waals surface area contributed by atoms with Gasteiger partial charge in [0, 0.05) is 13.2 Å². The topological polar surface area (TPSA) is 38.7 Å². The van der Waals surface area contributed by atoms with E-state index in [1.165, 1.54) is 18.4 Å². The second-order valence-electron chi connectivity index (χ2n) is 5.05. The normalized spacial score (nSPS) is 11.8. The zero-order valence-electron chi connectivity index (χ0n) is 13.0. The van der Waals surface area contributed by atoms with E-state index < -0.39 is 8.56 Å². The molecule has 20 heavy (non-hydrogen) atoms. The lowest BCUT2D eigenvalue weighted by Crippen LogP contribution is -2.42. The number of aromatic hydroxyl groups is 1. The van der Waals surface area contributed by atoms with Gasteiger partial charge >= 0.3 is 8.56 Å². The van der Waals surface area contributed by atoms with Gasteiger partial charge in [0.15, 0.2) is 0 Å². The Hall–Kier alpha value is -0.843. The molecule has 0 bridgehead atoms. The van der Waals surface area contributed by atoms with Crippen LogP contribution in [0.15, 0.2) is 24.3 Å². The highest BCUT2D eigenvalue weighted by molar-refractivity contribution is 6.67. The lowest BCUT2D eigenvalue weighted by molar-refractivity contribution is 0.181. The number of aryl methyl sites for hydroxylation is 1. The van der Waals surface area contributed by atoms with Crippen LogP contribution in [0.2, 0.25) is 12.1 Å². The minimum atomic E-state index is -2.08. The monoisotopic (exact) mass is 296 g/mol. The highest BCUT2D eigenvalue weighted by Gasteiger charge is 2.35. The van der Waals surface area contributed by atoms with Crippen LogP contribution in [0.4, 0.5) is 0 Å². The molecule has 4 heteroatoms. The molecule has 0 saturated heterocycles. The van der Waals surface area contributed by atoms with Gasteiger partial charge in [-0.3, -0.25) is 0 Å². The Labute approximate surface area is 124 Å². The van der Waals surface area contributed by atoms with E-state index in [1.807, 2.05) is 26.0 Å². The molecule has 0 heterocycles. The average Bonchev–Trinajstić information content (AvgIpc) is 2.45. The second kappa shape index (κ2) is 9.16. The molecule has 1 aromatic carbocycles. The molecule has 0 radical (unpaired) electrons. The highest BCUT2D eigenvalue weighted by atomic mass is 28.4. The number of rotatable bonds is 10. The maximum atomic E-state index is 9.33. The summed E-state index contributed by atoms with van der Waals surface area (Å²) in [6, 6.07) is 9.50. The van der Waals surface area contributed by atoms with Crippen LogP contribution >= 0.6 is 0 Å². The van der Waals surface area contributed by atoms with Crippen LogP contribution in [0, 0.1) is 0 Å². The predicted octanol–water partition coefficient (Wildman–Crippen LogP) is 4.25. The molecule has 0 spiro atoms. The van der Waals surface area contributed by atoms with Crippen LogP contribution in [0.3, 0.4) is 0 Å². The average molecular weight is 296 g/mol. The maximum Gasteiger partial charge on any atom is 0.338 e. The fourth-order valence-electron chi connectivity index (χ4n) is 2.42. The molecular formula is C16H28O3Si. The van der Waals surface area contributed by atoms with Gasteiger partial charge < -0.3 is 14.0 Å². The smallest absolute Gasteiger partial charge is 0.338 e. The summed E-state index contributed by atoms with van der Waals surface area (Å²) < 4.78 is 12.2. The van der Waals surface area contributed by atoms with Gasteiger partial charge in [-0.25, -0.2) is 0 Å². The number of benzene rings is 1. The van der Waals surface area contributed by atoms with Crippen LogP contribution < -0.4 is 0 Å². The van der Waals surface area contributed by atoms with Crippen molar-refractivity contribution in [2.45, 2.75) is 52.1 Å². The van der Waals surface area contributed by atoms with E-state index >= 15 is 0 Å². The highest BCUT2D eigenvalue weighted by Crippen LogP contribution is 2.25. The lowest BCUT2D eigenvalue weighted by Gasteiger charge is -2.30. The molecule has 0 aromatic heterocycles. The van der Waals surface area contributed by atoms with Crippen molar-refractivity contribution in [1.29, 1.82) is 0 Å². The van der Waals surface area contributed by atoms with E-state index in [4.69, 9.17) is 8.85 Å². The Kier molecular flexibility index (Phi) is 7.88. The third kappa shape index (κ3) is 5.65. The molecule has 0 aliphatic heterocycles. The summed E-state index contributed by atoms with van der Waals surface area (Å²) >= 11 is 0. The lowest BCUT2D eigenvalue weighted by atomic mass is 10.2. The number of phenols is 1. The summed E-state index contributed by atoms with van der Waals surface area (Å²) in [5.41, 5.74) is 1.23. The minimum Gasteiger partial charge on any atom is -0.508 e. The molecule has 0 atom stereocenters. The number of unbranched alkanes of at least 4 members (excludes halogenated alkanes) is 1. The van der Waals surface area contributed by atoms with Crippen molar-refractivity contribution in [3.05, 3.63) is 29.8 Å². The van der Waals surface area contributed by atoms with Crippen molar-refractivity contribution in [2.75, 3.05) is 13.2 Å². The van der Waals surface area contributed by atoms with Gasteiger partial charge in [-0.1, -0.05) is 31.9 Å². The van der Waals surface area contributed by atoms with E-state index in [-0.39, 0.29) is 0 Å². The first-order valence-corrected chi connectivity index (χ1v) is 9.94. The summed E-state index contributed by atoms with van der Waals surface area (Å²) in [4.78, 5) is 0. The minimum absolute atomic E-state index is 0.317. The first-order valence-electron chi connectivity index (χ1n) is 7.71. The largest absolute Gasteiger partial charge is 0.508 e. The van der Waals surface area contributed by atoms with Crippen molar-refractivity contribution in [1.82, 2.24) is 0 Å². The van der Waals surface area contributed by atoms with E-state index in [0.717, 1.165) is 31.7 Å². The predicted molar refractivity (Wildman–Crippen MR) is 85.3 cm³/mol. The Bertz CT molecular complexity index is 358. The molecule has 0 saturated carbocycles. The summed E-state index contributed by atoms with van der Waals surface area (Å²) in [6.45, 7) is 7.76. The maximum absolute atomic E-state index is 9.33. The summed E-state index contributed by atoms with van der Waals surface area (Å²) in [7, 11) is -2.08.